The quantitative estimate of drug-likeness (QED) is 0.778. The van der Waals surface area contributed by atoms with Crippen LogP contribution in [0.25, 0.3) is 0 Å². The van der Waals surface area contributed by atoms with Gasteiger partial charge < -0.3 is 10.2 Å². The largest absolute Gasteiger partial charge is 0.313 e. The fourth-order valence-electron chi connectivity index (χ4n) is 2.54. The topological polar surface area (TPSA) is 15.3 Å². The first kappa shape index (κ1) is 18.1. The highest BCUT2D eigenvalue weighted by Gasteiger charge is 2.23. The Bertz CT molecular complexity index is 412. The van der Waals surface area contributed by atoms with E-state index in [9.17, 15) is 4.39 Å². The second kappa shape index (κ2) is 8.50. The van der Waals surface area contributed by atoms with Crippen LogP contribution < -0.4 is 5.32 Å². The first-order valence-electron chi connectivity index (χ1n) is 7.99. The van der Waals surface area contributed by atoms with Crippen molar-refractivity contribution < 1.29 is 4.39 Å². The van der Waals surface area contributed by atoms with E-state index in [0.717, 1.165) is 38.0 Å². The predicted octanol–water partition coefficient (Wildman–Crippen LogP) is 4.06. The zero-order valence-electron chi connectivity index (χ0n) is 14.2. The van der Waals surface area contributed by atoms with Gasteiger partial charge in [-0.2, -0.15) is 0 Å². The third-order valence-electron chi connectivity index (χ3n) is 3.83. The van der Waals surface area contributed by atoms with Crippen LogP contribution >= 0.6 is 0 Å². The second-order valence-corrected chi connectivity index (χ2v) is 7.03. The summed E-state index contributed by atoms with van der Waals surface area (Å²) in [5.41, 5.74) is 1.29. The molecule has 0 spiro atoms. The monoisotopic (exact) mass is 294 g/mol. The molecule has 21 heavy (non-hydrogen) atoms. The molecule has 1 atom stereocenters. The molecular weight excluding hydrogens is 263 g/mol. The van der Waals surface area contributed by atoms with E-state index < -0.39 is 0 Å². The van der Waals surface area contributed by atoms with Crippen LogP contribution in [0.3, 0.4) is 0 Å². The van der Waals surface area contributed by atoms with Crippen molar-refractivity contribution in [3.8, 4) is 0 Å². The summed E-state index contributed by atoms with van der Waals surface area (Å²) in [5, 5.41) is 3.65. The minimum Gasteiger partial charge on any atom is -0.313 e. The maximum atomic E-state index is 13.2. The molecule has 0 bridgehead atoms. The van der Waals surface area contributed by atoms with Crippen molar-refractivity contribution >= 4 is 0 Å². The van der Waals surface area contributed by atoms with Crippen molar-refractivity contribution in [1.29, 1.82) is 0 Å². The molecule has 0 aliphatic heterocycles. The van der Waals surface area contributed by atoms with Crippen LogP contribution in [0.5, 0.6) is 0 Å². The summed E-state index contributed by atoms with van der Waals surface area (Å²) in [6, 6.07) is 7.38. The van der Waals surface area contributed by atoms with Crippen molar-refractivity contribution in [2.75, 3.05) is 20.1 Å². The van der Waals surface area contributed by atoms with E-state index in [4.69, 9.17) is 0 Å². The lowest BCUT2D eigenvalue weighted by Crippen LogP contribution is -2.42. The van der Waals surface area contributed by atoms with Crippen LogP contribution in [0.4, 0.5) is 4.39 Å². The smallest absolute Gasteiger partial charge is 0.123 e. The van der Waals surface area contributed by atoms with Gasteiger partial charge in [-0.25, -0.2) is 4.39 Å². The fourth-order valence-corrected chi connectivity index (χ4v) is 2.54. The van der Waals surface area contributed by atoms with Crippen molar-refractivity contribution in [3.63, 3.8) is 0 Å². The Balaban J connectivity index is 2.47. The van der Waals surface area contributed by atoms with E-state index in [2.05, 4.69) is 45.0 Å². The Morgan fingerprint density at radius 2 is 2.00 bits per heavy atom. The van der Waals surface area contributed by atoms with E-state index in [1.54, 1.807) is 12.1 Å². The van der Waals surface area contributed by atoms with Gasteiger partial charge in [0, 0.05) is 12.6 Å². The fraction of sp³-hybridized carbons (Fsp3) is 0.667. The van der Waals surface area contributed by atoms with Gasteiger partial charge in [0.25, 0.3) is 0 Å². The van der Waals surface area contributed by atoms with Gasteiger partial charge in [-0.1, -0.05) is 39.8 Å². The molecule has 3 heteroatoms. The molecule has 1 aromatic rings. The molecule has 120 valence electrons. The normalized spacial score (nSPS) is 13.7. The molecular formula is C18H31FN2. The summed E-state index contributed by atoms with van der Waals surface area (Å²) >= 11 is 0. The van der Waals surface area contributed by atoms with Gasteiger partial charge in [-0.05, 0) is 56.1 Å². The average molecular weight is 294 g/mol. The number of benzene rings is 1. The molecule has 0 aliphatic rings. The zero-order valence-corrected chi connectivity index (χ0v) is 14.2. The Labute approximate surface area is 129 Å². The summed E-state index contributed by atoms with van der Waals surface area (Å²) in [7, 11) is 2.10. The number of nitrogens with one attached hydrogen (secondary N) is 1. The third kappa shape index (κ3) is 7.05. The Morgan fingerprint density at radius 3 is 2.57 bits per heavy atom. The van der Waals surface area contributed by atoms with Crippen molar-refractivity contribution in [3.05, 3.63) is 35.6 Å². The molecule has 2 nitrogen and oxygen atoms in total. The van der Waals surface area contributed by atoms with Gasteiger partial charge in [-0.3, -0.25) is 0 Å². The molecule has 0 aromatic heterocycles. The van der Waals surface area contributed by atoms with Gasteiger partial charge in [0.2, 0.25) is 0 Å². The Hall–Kier alpha value is -0.930. The first-order chi connectivity index (χ1) is 9.82. The van der Waals surface area contributed by atoms with E-state index in [0.29, 0.717) is 6.04 Å². The summed E-state index contributed by atoms with van der Waals surface area (Å²) in [5.74, 6) is -0.155. The van der Waals surface area contributed by atoms with Crippen molar-refractivity contribution in [2.24, 2.45) is 5.41 Å². The number of hydrogen-bond acceptors (Lipinski definition) is 2. The molecule has 0 radical (unpaired) electrons. The SMILES string of the molecule is CCCNC(CCN(C)Cc1cccc(F)c1)C(C)(C)C. The molecule has 1 aromatic carbocycles. The van der Waals surface area contributed by atoms with Crippen LogP contribution in [0, 0.1) is 11.2 Å². The lowest BCUT2D eigenvalue weighted by Gasteiger charge is -2.33. The highest BCUT2D eigenvalue weighted by Crippen LogP contribution is 2.22. The van der Waals surface area contributed by atoms with Gasteiger partial charge in [0.1, 0.15) is 5.82 Å². The van der Waals surface area contributed by atoms with E-state index >= 15 is 0 Å². The van der Waals surface area contributed by atoms with Gasteiger partial charge in [-0.15, -0.1) is 0 Å². The zero-order chi connectivity index (χ0) is 15.9. The molecule has 0 fully saturated rings. The van der Waals surface area contributed by atoms with E-state index in [1.165, 1.54) is 6.07 Å². The van der Waals surface area contributed by atoms with Gasteiger partial charge in [0.05, 0.1) is 0 Å². The number of hydrogen-bond donors (Lipinski definition) is 1. The van der Waals surface area contributed by atoms with Crippen LogP contribution in [-0.2, 0) is 6.54 Å². The summed E-state index contributed by atoms with van der Waals surface area (Å²) in [6.45, 7) is 11.9. The van der Waals surface area contributed by atoms with Crippen LogP contribution in [0.1, 0.15) is 46.1 Å². The van der Waals surface area contributed by atoms with E-state index in [-0.39, 0.29) is 11.2 Å². The minimum absolute atomic E-state index is 0.155. The van der Waals surface area contributed by atoms with Crippen molar-refractivity contribution in [1.82, 2.24) is 10.2 Å². The Kier molecular flexibility index (Phi) is 7.33. The molecule has 0 saturated carbocycles. The lowest BCUT2D eigenvalue weighted by molar-refractivity contribution is 0.219. The second-order valence-electron chi connectivity index (χ2n) is 7.03. The molecule has 1 N–H and O–H groups in total. The van der Waals surface area contributed by atoms with Gasteiger partial charge in [0.15, 0.2) is 0 Å². The average Bonchev–Trinajstić information content (AvgIpc) is 2.37. The summed E-state index contributed by atoms with van der Waals surface area (Å²) < 4.78 is 13.2. The molecule has 0 amide bonds. The van der Waals surface area contributed by atoms with Crippen LogP contribution in [0.2, 0.25) is 0 Å². The molecule has 1 unspecified atom stereocenters. The first-order valence-corrected chi connectivity index (χ1v) is 7.99. The maximum Gasteiger partial charge on any atom is 0.123 e. The third-order valence-corrected chi connectivity index (χ3v) is 3.83. The molecule has 0 saturated heterocycles. The summed E-state index contributed by atoms with van der Waals surface area (Å²) in [6.07, 6.45) is 2.26. The van der Waals surface area contributed by atoms with Crippen LogP contribution in [0.15, 0.2) is 24.3 Å². The number of halogens is 1. The van der Waals surface area contributed by atoms with E-state index in [1.807, 2.05) is 6.07 Å². The number of nitrogens with zero attached hydrogens (tertiary/aromatic N) is 1. The van der Waals surface area contributed by atoms with Gasteiger partial charge >= 0.3 is 0 Å². The predicted molar refractivity (Wildman–Crippen MR) is 88.9 cm³/mol. The highest BCUT2D eigenvalue weighted by molar-refractivity contribution is 5.16. The van der Waals surface area contributed by atoms with Crippen LogP contribution in [-0.4, -0.2) is 31.1 Å². The molecule has 0 heterocycles. The summed E-state index contributed by atoms with van der Waals surface area (Å²) in [4.78, 5) is 2.27. The Morgan fingerprint density at radius 1 is 1.29 bits per heavy atom. The number of rotatable bonds is 8. The lowest BCUT2D eigenvalue weighted by atomic mass is 9.84. The molecule has 0 aliphatic carbocycles. The minimum atomic E-state index is -0.155. The standard InChI is InChI=1S/C18H31FN2/c1-6-11-20-17(18(2,3)4)10-12-21(5)14-15-8-7-9-16(19)13-15/h7-9,13,17,20H,6,10-12,14H2,1-5H3. The maximum absolute atomic E-state index is 13.2. The molecule has 1 rings (SSSR count). The van der Waals surface area contributed by atoms with Crippen molar-refractivity contribution in [2.45, 2.75) is 53.1 Å². The highest BCUT2D eigenvalue weighted by atomic mass is 19.1.